The molecule has 0 spiro atoms. The monoisotopic (exact) mass is 293 g/mol. The Balaban J connectivity index is 1.80. The number of halogens is 2. The molecule has 104 valence electrons. The number of nitrogens with one attached hydrogen (secondary N) is 3. The van der Waals surface area contributed by atoms with Crippen molar-refractivity contribution in [1.29, 1.82) is 0 Å². The zero-order chi connectivity index (χ0) is 14.4. The van der Waals surface area contributed by atoms with Gasteiger partial charge in [-0.1, -0.05) is 30.3 Å². The molecule has 0 saturated heterocycles. The molecule has 2 rings (SSSR count). The maximum atomic E-state index is 13.3. The predicted molar refractivity (Wildman–Crippen MR) is 79.0 cm³/mol. The summed E-state index contributed by atoms with van der Waals surface area (Å²) in [6, 6.07) is 13.0. The molecule has 0 aliphatic heterocycles. The van der Waals surface area contributed by atoms with Crippen LogP contribution in [0.2, 0.25) is 0 Å². The van der Waals surface area contributed by atoms with Gasteiger partial charge in [0, 0.05) is 12.6 Å². The molecule has 0 aliphatic rings. The van der Waals surface area contributed by atoms with Gasteiger partial charge in [0.2, 0.25) is 0 Å². The minimum Gasteiger partial charge on any atom is -0.357 e. The Labute approximate surface area is 121 Å². The number of thiocarbonyl (C=S) groups is 1. The first-order valence-electron chi connectivity index (χ1n) is 5.94. The molecule has 2 aromatic rings. The fourth-order valence-corrected chi connectivity index (χ4v) is 1.66. The molecule has 0 saturated carbocycles. The summed E-state index contributed by atoms with van der Waals surface area (Å²) in [6.07, 6.45) is 0. The van der Waals surface area contributed by atoms with E-state index in [0.717, 1.165) is 17.7 Å². The van der Waals surface area contributed by atoms with Crippen LogP contribution in [0.15, 0.2) is 48.5 Å². The molecule has 2 aromatic carbocycles. The average molecular weight is 293 g/mol. The number of hydrazine groups is 1. The largest absolute Gasteiger partial charge is 0.357 e. The second kappa shape index (κ2) is 6.81. The predicted octanol–water partition coefficient (Wildman–Crippen LogP) is 2.96. The molecule has 0 unspecified atom stereocenters. The smallest absolute Gasteiger partial charge is 0.185 e. The van der Waals surface area contributed by atoms with Crippen molar-refractivity contribution in [3.63, 3.8) is 0 Å². The van der Waals surface area contributed by atoms with Crippen molar-refractivity contribution in [2.24, 2.45) is 0 Å². The average Bonchev–Trinajstić information content (AvgIpc) is 2.45. The van der Waals surface area contributed by atoms with Crippen molar-refractivity contribution in [2.45, 2.75) is 6.54 Å². The van der Waals surface area contributed by atoms with Gasteiger partial charge in [0.05, 0.1) is 5.69 Å². The minimum absolute atomic E-state index is 0.121. The van der Waals surface area contributed by atoms with E-state index in [0.29, 0.717) is 11.7 Å². The maximum absolute atomic E-state index is 13.3. The Morgan fingerprint density at radius 2 is 1.80 bits per heavy atom. The van der Waals surface area contributed by atoms with Crippen LogP contribution >= 0.6 is 12.2 Å². The van der Waals surface area contributed by atoms with Gasteiger partial charge in [-0.3, -0.25) is 10.9 Å². The molecule has 0 aromatic heterocycles. The first-order valence-corrected chi connectivity index (χ1v) is 6.35. The van der Waals surface area contributed by atoms with Crippen molar-refractivity contribution in [3.05, 3.63) is 65.7 Å². The van der Waals surface area contributed by atoms with Gasteiger partial charge in [0.1, 0.15) is 5.82 Å². The van der Waals surface area contributed by atoms with E-state index in [1.165, 1.54) is 6.07 Å². The lowest BCUT2D eigenvalue weighted by Crippen LogP contribution is -2.38. The Kier molecular flexibility index (Phi) is 4.84. The lowest BCUT2D eigenvalue weighted by molar-refractivity contribution is 0.584. The lowest BCUT2D eigenvalue weighted by atomic mass is 10.2. The summed E-state index contributed by atoms with van der Waals surface area (Å²) in [5, 5.41) is 3.28. The second-order valence-electron chi connectivity index (χ2n) is 4.04. The minimum atomic E-state index is -0.691. The standard InChI is InChI=1S/C14H13F2N3S/c15-11-6-7-13(12(16)8-11)18-19-14(20)17-9-10-4-2-1-3-5-10/h1-8,18H,9H2,(H2,17,19,20). The Hall–Kier alpha value is -2.21. The summed E-state index contributed by atoms with van der Waals surface area (Å²) in [6.45, 7) is 0.556. The molecule has 0 amide bonds. The quantitative estimate of drug-likeness (QED) is 0.598. The van der Waals surface area contributed by atoms with E-state index in [-0.39, 0.29) is 5.69 Å². The molecule has 3 N–H and O–H groups in total. The second-order valence-corrected chi connectivity index (χ2v) is 4.45. The van der Waals surface area contributed by atoms with Crippen molar-refractivity contribution >= 4 is 23.0 Å². The summed E-state index contributed by atoms with van der Waals surface area (Å²) >= 11 is 5.04. The molecule has 0 aliphatic carbocycles. The van der Waals surface area contributed by atoms with Crippen LogP contribution in [0, 0.1) is 11.6 Å². The van der Waals surface area contributed by atoms with Crippen LogP contribution in [0.3, 0.4) is 0 Å². The zero-order valence-electron chi connectivity index (χ0n) is 10.5. The number of hydrogen-bond donors (Lipinski definition) is 3. The Bertz CT molecular complexity index is 590. The highest BCUT2D eigenvalue weighted by Crippen LogP contribution is 2.13. The van der Waals surface area contributed by atoms with Gasteiger partial charge in [0.25, 0.3) is 0 Å². The van der Waals surface area contributed by atoms with E-state index >= 15 is 0 Å². The van der Waals surface area contributed by atoms with E-state index < -0.39 is 11.6 Å². The molecule has 0 fully saturated rings. The summed E-state index contributed by atoms with van der Waals surface area (Å²) in [5.41, 5.74) is 6.41. The first-order chi connectivity index (χ1) is 9.65. The number of benzene rings is 2. The van der Waals surface area contributed by atoms with Crippen molar-refractivity contribution < 1.29 is 8.78 Å². The van der Waals surface area contributed by atoms with Crippen molar-refractivity contribution in [3.8, 4) is 0 Å². The number of anilines is 1. The summed E-state index contributed by atoms with van der Waals surface area (Å²) in [4.78, 5) is 0. The zero-order valence-corrected chi connectivity index (χ0v) is 11.3. The van der Waals surface area contributed by atoms with Crippen LogP contribution in [0.4, 0.5) is 14.5 Å². The summed E-state index contributed by atoms with van der Waals surface area (Å²) in [7, 11) is 0. The van der Waals surface area contributed by atoms with E-state index in [1.54, 1.807) is 0 Å². The molecule has 3 nitrogen and oxygen atoms in total. The Morgan fingerprint density at radius 3 is 2.50 bits per heavy atom. The Morgan fingerprint density at radius 1 is 1.05 bits per heavy atom. The highest BCUT2D eigenvalue weighted by atomic mass is 32.1. The fraction of sp³-hybridized carbons (Fsp3) is 0.0714. The molecule has 0 radical (unpaired) electrons. The van der Waals surface area contributed by atoms with Gasteiger partial charge in [-0.05, 0) is 29.9 Å². The van der Waals surface area contributed by atoms with Crippen LogP contribution in [0.5, 0.6) is 0 Å². The first kappa shape index (κ1) is 14.2. The summed E-state index contributed by atoms with van der Waals surface area (Å²) in [5.74, 6) is -1.32. The van der Waals surface area contributed by atoms with E-state index in [4.69, 9.17) is 12.2 Å². The third kappa shape index (κ3) is 4.17. The number of hydrogen-bond acceptors (Lipinski definition) is 2. The van der Waals surface area contributed by atoms with E-state index in [9.17, 15) is 8.78 Å². The molecular weight excluding hydrogens is 280 g/mol. The van der Waals surface area contributed by atoms with Gasteiger partial charge in [-0.25, -0.2) is 8.78 Å². The third-order valence-corrected chi connectivity index (χ3v) is 2.78. The van der Waals surface area contributed by atoms with E-state index in [1.807, 2.05) is 30.3 Å². The van der Waals surface area contributed by atoms with Crippen LogP contribution < -0.4 is 16.2 Å². The molecule has 0 atom stereocenters. The fourth-order valence-electron chi connectivity index (χ4n) is 1.54. The topological polar surface area (TPSA) is 36.1 Å². The maximum Gasteiger partial charge on any atom is 0.185 e. The highest BCUT2D eigenvalue weighted by molar-refractivity contribution is 7.80. The normalized spacial score (nSPS) is 9.90. The van der Waals surface area contributed by atoms with Gasteiger partial charge >= 0.3 is 0 Å². The van der Waals surface area contributed by atoms with Crippen molar-refractivity contribution in [2.75, 3.05) is 5.43 Å². The van der Waals surface area contributed by atoms with Crippen molar-refractivity contribution in [1.82, 2.24) is 10.7 Å². The van der Waals surface area contributed by atoms with Crippen LogP contribution in [-0.4, -0.2) is 5.11 Å². The van der Waals surface area contributed by atoms with E-state index in [2.05, 4.69) is 16.2 Å². The molecule has 20 heavy (non-hydrogen) atoms. The highest BCUT2D eigenvalue weighted by Gasteiger charge is 2.03. The lowest BCUT2D eigenvalue weighted by Gasteiger charge is -2.13. The van der Waals surface area contributed by atoms with Crippen LogP contribution in [0.25, 0.3) is 0 Å². The summed E-state index contributed by atoms with van der Waals surface area (Å²) < 4.78 is 26.1. The van der Waals surface area contributed by atoms with Gasteiger partial charge < -0.3 is 5.32 Å². The van der Waals surface area contributed by atoms with Crippen LogP contribution in [-0.2, 0) is 6.54 Å². The van der Waals surface area contributed by atoms with Crippen LogP contribution in [0.1, 0.15) is 5.56 Å². The molecular formula is C14H13F2N3S. The molecule has 0 heterocycles. The SMILES string of the molecule is Fc1ccc(NNC(=S)NCc2ccccc2)c(F)c1. The van der Waals surface area contributed by atoms with Gasteiger partial charge in [0.15, 0.2) is 10.9 Å². The number of rotatable bonds is 4. The van der Waals surface area contributed by atoms with Gasteiger partial charge in [-0.2, -0.15) is 0 Å². The molecule has 6 heteroatoms. The molecule has 0 bridgehead atoms. The van der Waals surface area contributed by atoms with Gasteiger partial charge in [-0.15, -0.1) is 0 Å². The third-order valence-electron chi connectivity index (χ3n) is 2.54.